The van der Waals surface area contributed by atoms with Gasteiger partial charge in [0.25, 0.3) is 0 Å². The Balaban J connectivity index is 2.03. The fraction of sp³-hybridized carbons (Fsp3) is 0.778. The molecule has 3 unspecified atom stereocenters. The lowest BCUT2D eigenvalue weighted by Crippen LogP contribution is -2.29. The summed E-state index contributed by atoms with van der Waals surface area (Å²) < 4.78 is 4.90. The number of hydrogen-bond donors (Lipinski definition) is 1. The van der Waals surface area contributed by atoms with Crippen LogP contribution in [0.3, 0.4) is 0 Å². The SMILES string of the molecule is O=C(O)C1CCC2C(=O)OCC2C1. The van der Waals surface area contributed by atoms with Crippen LogP contribution in [0.1, 0.15) is 19.3 Å². The van der Waals surface area contributed by atoms with E-state index >= 15 is 0 Å². The number of hydrogen-bond acceptors (Lipinski definition) is 3. The van der Waals surface area contributed by atoms with Gasteiger partial charge in [0, 0.05) is 5.92 Å². The molecule has 2 aliphatic rings. The maximum Gasteiger partial charge on any atom is 0.309 e. The Morgan fingerprint density at radius 1 is 1.46 bits per heavy atom. The van der Waals surface area contributed by atoms with E-state index in [-0.39, 0.29) is 23.7 Å². The smallest absolute Gasteiger partial charge is 0.309 e. The van der Waals surface area contributed by atoms with Crippen LogP contribution in [0.5, 0.6) is 0 Å². The van der Waals surface area contributed by atoms with Crippen molar-refractivity contribution in [2.75, 3.05) is 6.61 Å². The van der Waals surface area contributed by atoms with Crippen molar-refractivity contribution in [1.82, 2.24) is 0 Å². The lowest BCUT2D eigenvalue weighted by Gasteiger charge is -2.25. The van der Waals surface area contributed by atoms with Gasteiger partial charge in [-0.25, -0.2) is 0 Å². The highest BCUT2D eigenvalue weighted by molar-refractivity contribution is 5.76. The third-order valence-electron chi connectivity index (χ3n) is 3.07. The van der Waals surface area contributed by atoms with Gasteiger partial charge in [0.05, 0.1) is 18.4 Å². The molecule has 72 valence electrons. The number of esters is 1. The Morgan fingerprint density at radius 3 is 2.92 bits per heavy atom. The quantitative estimate of drug-likeness (QED) is 0.608. The second-order valence-corrected chi connectivity index (χ2v) is 3.84. The maximum absolute atomic E-state index is 11.1. The van der Waals surface area contributed by atoms with E-state index in [9.17, 15) is 9.59 Å². The van der Waals surface area contributed by atoms with Crippen molar-refractivity contribution in [3.05, 3.63) is 0 Å². The number of carboxylic acid groups (broad SMARTS) is 1. The van der Waals surface area contributed by atoms with E-state index in [0.29, 0.717) is 25.9 Å². The number of rotatable bonds is 1. The van der Waals surface area contributed by atoms with Crippen LogP contribution >= 0.6 is 0 Å². The van der Waals surface area contributed by atoms with Crippen LogP contribution < -0.4 is 0 Å². The standard InChI is InChI=1S/C9H12O4/c10-8(11)5-1-2-7-6(3-5)4-13-9(7)12/h5-7H,1-4H2,(H,10,11). The summed E-state index contributed by atoms with van der Waals surface area (Å²) in [7, 11) is 0. The highest BCUT2D eigenvalue weighted by Gasteiger charge is 2.42. The van der Waals surface area contributed by atoms with Gasteiger partial charge in [-0.1, -0.05) is 0 Å². The number of carboxylic acids is 1. The molecule has 1 aliphatic carbocycles. The molecular weight excluding hydrogens is 172 g/mol. The Bertz CT molecular complexity index is 248. The normalized spacial score (nSPS) is 38.2. The molecule has 13 heavy (non-hydrogen) atoms. The second-order valence-electron chi connectivity index (χ2n) is 3.84. The first-order valence-electron chi connectivity index (χ1n) is 4.58. The molecule has 2 rings (SSSR count). The zero-order valence-electron chi connectivity index (χ0n) is 7.23. The summed E-state index contributed by atoms with van der Waals surface area (Å²) >= 11 is 0. The predicted octanol–water partition coefficient (Wildman–Crippen LogP) is 0.660. The van der Waals surface area contributed by atoms with Crippen LogP contribution in [0.15, 0.2) is 0 Å². The molecule has 0 spiro atoms. The lowest BCUT2D eigenvalue weighted by atomic mass is 9.76. The summed E-state index contributed by atoms with van der Waals surface area (Å²) in [6, 6.07) is 0. The van der Waals surface area contributed by atoms with Crippen molar-refractivity contribution in [3.63, 3.8) is 0 Å². The molecule has 4 heteroatoms. The summed E-state index contributed by atoms with van der Waals surface area (Å²) in [5, 5.41) is 8.80. The van der Waals surface area contributed by atoms with Crippen molar-refractivity contribution in [2.24, 2.45) is 17.8 Å². The minimum absolute atomic E-state index is 0.0180. The Hall–Kier alpha value is -1.06. The van der Waals surface area contributed by atoms with Crippen molar-refractivity contribution >= 4 is 11.9 Å². The van der Waals surface area contributed by atoms with Crippen molar-refractivity contribution in [3.8, 4) is 0 Å². The Labute approximate surface area is 75.9 Å². The molecule has 0 aromatic rings. The minimum Gasteiger partial charge on any atom is -0.481 e. The number of ether oxygens (including phenoxy) is 1. The van der Waals surface area contributed by atoms with Crippen LogP contribution in [-0.2, 0) is 14.3 Å². The van der Waals surface area contributed by atoms with Gasteiger partial charge in [0.15, 0.2) is 0 Å². The van der Waals surface area contributed by atoms with Gasteiger partial charge in [-0.2, -0.15) is 0 Å². The van der Waals surface area contributed by atoms with Gasteiger partial charge in [0.1, 0.15) is 0 Å². The third-order valence-corrected chi connectivity index (χ3v) is 3.07. The first kappa shape index (κ1) is 8.53. The molecule has 0 bridgehead atoms. The van der Waals surface area contributed by atoms with Gasteiger partial charge in [-0.15, -0.1) is 0 Å². The van der Waals surface area contributed by atoms with Crippen LogP contribution in [0, 0.1) is 17.8 Å². The van der Waals surface area contributed by atoms with Crippen LogP contribution in [0.4, 0.5) is 0 Å². The molecule has 1 saturated heterocycles. The highest BCUT2D eigenvalue weighted by atomic mass is 16.5. The first-order chi connectivity index (χ1) is 6.18. The van der Waals surface area contributed by atoms with Gasteiger partial charge < -0.3 is 9.84 Å². The topological polar surface area (TPSA) is 63.6 Å². The summed E-state index contributed by atoms with van der Waals surface area (Å²) in [4.78, 5) is 21.8. The van der Waals surface area contributed by atoms with E-state index < -0.39 is 5.97 Å². The van der Waals surface area contributed by atoms with E-state index in [2.05, 4.69) is 0 Å². The number of cyclic esters (lactones) is 1. The average molecular weight is 184 g/mol. The summed E-state index contributed by atoms with van der Waals surface area (Å²) in [5.41, 5.74) is 0. The van der Waals surface area contributed by atoms with Crippen LogP contribution in [0.2, 0.25) is 0 Å². The molecule has 1 aliphatic heterocycles. The molecule has 3 atom stereocenters. The van der Waals surface area contributed by atoms with Crippen molar-refractivity contribution in [2.45, 2.75) is 19.3 Å². The van der Waals surface area contributed by atoms with Gasteiger partial charge in [-0.05, 0) is 19.3 Å². The molecule has 0 aromatic heterocycles. The molecule has 4 nitrogen and oxygen atoms in total. The number of carbonyl (C=O) groups is 2. The summed E-state index contributed by atoms with van der Waals surface area (Å²) in [6.45, 7) is 0.424. The molecule has 1 N–H and O–H groups in total. The molecule has 0 radical (unpaired) electrons. The summed E-state index contributed by atoms with van der Waals surface area (Å²) in [6.07, 6.45) is 1.90. The van der Waals surface area contributed by atoms with Gasteiger partial charge >= 0.3 is 11.9 Å². The third kappa shape index (κ3) is 1.41. The van der Waals surface area contributed by atoms with Crippen molar-refractivity contribution < 1.29 is 19.4 Å². The molecule has 1 heterocycles. The van der Waals surface area contributed by atoms with E-state index in [1.54, 1.807) is 0 Å². The zero-order chi connectivity index (χ0) is 9.42. The average Bonchev–Trinajstić information content (AvgIpc) is 2.47. The molecule has 2 fully saturated rings. The largest absolute Gasteiger partial charge is 0.481 e. The number of aliphatic carboxylic acids is 1. The fourth-order valence-corrected chi connectivity index (χ4v) is 2.28. The van der Waals surface area contributed by atoms with Crippen LogP contribution in [-0.4, -0.2) is 23.7 Å². The highest BCUT2D eigenvalue weighted by Crippen LogP contribution is 2.38. The first-order valence-corrected chi connectivity index (χ1v) is 4.58. The van der Waals surface area contributed by atoms with Crippen molar-refractivity contribution in [1.29, 1.82) is 0 Å². The monoisotopic (exact) mass is 184 g/mol. The Morgan fingerprint density at radius 2 is 2.23 bits per heavy atom. The van der Waals surface area contributed by atoms with Gasteiger partial charge in [0.2, 0.25) is 0 Å². The zero-order valence-corrected chi connectivity index (χ0v) is 7.23. The molecule has 0 aromatic carbocycles. The number of fused-ring (bicyclic) bond motifs is 1. The molecular formula is C9H12O4. The fourth-order valence-electron chi connectivity index (χ4n) is 2.28. The second kappa shape index (κ2) is 3.01. The molecule has 1 saturated carbocycles. The van der Waals surface area contributed by atoms with E-state index in [0.717, 1.165) is 0 Å². The minimum atomic E-state index is -0.738. The van der Waals surface area contributed by atoms with E-state index in [1.165, 1.54) is 0 Å². The predicted molar refractivity (Wildman–Crippen MR) is 42.9 cm³/mol. The Kier molecular flexibility index (Phi) is 1.98. The summed E-state index contributed by atoms with van der Waals surface area (Å²) in [5.74, 6) is -1.000. The molecule has 0 amide bonds. The van der Waals surface area contributed by atoms with Crippen LogP contribution in [0.25, 0.3) is 0 Å². The van der Waals surface area contributed by atoms with E-state index in [4.69, 9.17) is 9.84 Å². The maximum atomic E-state index is 11.1. The van der Waals surface area contributed by atoms with E-state index in [1.807, 2.05) is 0 Å². The lowest BCUT2D eigenvalue weighted by molar-refractivity contribution is -0.146. The number of carbonyl (C=O) groups excluding carboxylic acids is 1. The van der Waals surface area contributed by atoms with Gasteiger partial charge in [-0.3, -0.25) is 9.59 Å².